The van der Waals surface area contributed by atoms with Gasteiger partial charge in [0.05, 0.1) is 53.1 Å². The Morgan fingerprint density at radius 3 is 1.89 bits per heavy atom. The normalized spacial score (nSPS) is 38.1. The number of esters is 3. The molecule has 2 aromatic carbocycles. The third kappa shape index (κ3) is 12.3. The Balaban J connectivity index is 1.60. The quantitative estimate of drug-likeness (QED) is 0.175. The lowest BCUT2D eigenvalue weighted by molar-refractivity contribution is -0.318. The van der Waals surface area contributed by atoms with Gasteiger partial charge in [-0.05, 0) is 111 Å². The van der Waals surface area contributed by atoms with Crippen molar-refractivity contribution in [1.29, 1.82) is 0 Å². The summed E-state index contributed by atoms with van der Waals surface area (Å²) in [5.74, 6) is -4.45. The third-order valence-electron chi connectivity index (χ3n) is 13.7. The molecule has 0 aromatic heterocycles. The molecule has 15 nitrogen and oxygen atoms in total. The fourth-order valence-corrected chi connectivity index (χ4v) is 9.74. The number of aliphatic hydroxyl groups excluding tert-OH is 1. The molecule has 2 saturated heterocycles. The molecule has 0 saturated carbocycles. The summed E-state index contributed by atoms with van der Waals surface area (Å²) in [6.07, 6.45) is -6.95. The summed E-state index contributed by atoms with van der Waals surface area (Å²) in [5.41, 5.74) is -1.37. The molecule has 16 atom stereocenters. The number of nitrogens with zero attached hydrogens (tertiary/aromatic N) is 1. The molecule has 2 unspecified atom stereocenters. The van der Waals surface area contributed by atoms with Crippen LogP contribution in [0.2, 0.25) is 0 Å². The molecule has 66 heavy (non-hydrogen) atoms. The van der Waals surface area contributed by atoms with Crippen molar-refractivity contribution >= 4 is 23.7 Å². The molecule has 2 fully saturated rings. The van der Waals surface area contributed by atoms with Crippen molar-refractivity contribution in [2.24, 2.45) is 17.8 Å². The van der Waals surface area contributed by atoms with E-state index in [1.807, 2.05) is 58.8 Å². The Morgan fingerprint density at radius 1 is 0.788 bits per heavy atom. The summed E-state index contributed by atoms with van der Waals surface area (Å²) in [6, 6.07) is 17.0. The second-order valence-corrected chi connectivity index (χ2v) is 19.0. The second-order valence-electron chi connectivity index (χ2n) is 19.0. The number of carbonyl (C=O) groups is 4. The first-order valence-corrected chi connectivity index (χ1v) is 23.2. The van der Waals surface area contributed by atoms with Gasteiger partial charge in [-0.25, -0.2) is 9.59 Å². The smallest absolute Gasteiger partial charge is 0.338 e. The van der Waals surface area contributed by atoms with Gasteiger partial charge in [0, 0.05) is 32.5 Å². The van der Waals surface area contributed by atoms with E-state index in [-0.39, 0.29) is 37.2 Å². The number of Topliss-reactive ketones (excluding diaryl/α,β-unsaturated/α-hetero) is 1. The van der Waals surface area contributed by atoms with Gasteiger partial charge < -0.3 is 52.6 Å². The van der Waals surface area contributed by atoms with Gasteiger partial charge in [-0.15, -0.1) is 0 Å². The van der Waals surface area contributed by atoms with Gasteiger partial charge in [-0.3, -0.25) is 9.59 Å². The topological polar surface area (TPSA) is 175 Å². The number of ether oxygens (including phenoxy) is 9. The van der Waals surface area contributed by atoms with Gasteiger partial charge in [0.15, 0.2) is 30.6 Å². The summed E-state index contributed by atoms with van der Waals surface area (Å²) < 4.78 is 58.2. The Labute approximate surface area is 390 Å². The number of allylic oxidation sites excluding steroid dienone is 1. The van der Waals surface area contributed by atoms with E-state index in [0.29, 0.717) is 23.1 Å². The van der Waals surface area contributed by atoms with E-state index in [1.165, 1.54) is 20.3 Å². The second kappa shape index (κ2) is 22.8. The van der Waals surface area contributed by atoms with Crippen LogP contribution in [0.25, 0.3) is 0 Å². The van der Waals surface area contributed by atoms with Crippen LogP contribution >= 0.6 is 0 Å². The highest BCUT2D eigenvalue weighted by atomic mass is 16.7. The predicted octanol–water partition coefficient (Wildman–Crippen LogP) is 6.73. The molecule has 366 valence electrons. The molecule has 15 heteroatoms. The van der Waals surface area contributed by atoms with Crippen molar-refractivity contribution < 1.29 is 66.9 Å². The summed E-state index contributed by atoms with van der Waals surface area (Å²) in [4.78, 5) is 57.7. The van der Waals surface area contributed by atoms with Crippen molar-refractivity contribution in [3.63, 3.8) is 0 Å². The fraction of sp³-hybridized carbons (Fsp3) is 0.647. The zero-order valence-corrected chi connectivity index (χ0v) is 41.0. The van der Waals surface area contributed by atoms with Crippen molar-refractivity contribution in [3.05, 3.63) is 83.4 Å². The van der Waals surface area contributed by atoms with Crippen molar-refractivity contribution in [3.8, 4) is 0 Å². The molecule has 0 bridgehead atoms. The van der Waals surface area contributed by atoms with Gasteiger partial charge in [-0.2, -0.15) is 0 Å². The van der Waals surface area contributed by atoms with Crippen LogP contribution in [0.15, 0.2) is 72.3 Å². The lowest BCUT2D eigenvalue weighted by atomic mass is 9.76. The lowest BCUT2D eigenvalue weighted by Crippen LogP contribution is -2.61. The van der Waals surface area contributed by atoms with Gasteiger partial charge in [-0.1, -0.05) is 57.2 Å². The van der Waals surface area contributed by atoms with E-state index in [0.717, 1.165) is 0 Å². The Morgan fingerprint density at radius 2 is 1.35 bits per heavy atom. The first kappa shape index (κ1) is 52.9. The van der Waals surface area contributed by atoms with Gasteiger partial charge in [0.1, 0.15) is 17.8 Å². The highest BCUT2D eigenvalue weighted by Crippen LogP contribution is 2.42. The minimum absolute atomic E-state index is 0.0792. The molecule has 0 spiro atoms. The van der Waals surface area contributed by atoms with Crippen LogP contribution in [0, 0.1) is 17.8 Å². The monoisotopic (exact) mass is 924 g/mol. The Bertz CT molecular complexity index is 1960. The van der Waals surface area contributed by atoms with E-state index >= 15 is 0 Å². The average molecular weight is 924 g/mol. The first-order valence-electron chi connectivity index (χ1n) is 23.2. The number of ketones is 1. The van der Waals surface area contributed by atoms with Crippen molar-refractivity contribution in [1.82, 2.24) is 4.90 Å². The lowest BCUT2D eigenvalue weighted by Gasteiger charge is -2.50. The van der Waals surface area contributed by atoms with E-state index in [4.69, 9.17) is 42.6 Å². The molecular formula is C51H73NO14. The third-order valence-corrected chi connectivity index (χ3v) is 13.7. The predicted molar refractivity (Wildman–Crippen MR) is 244 cm³/mol. The summed E-state index contributed by atoms with van der Waals surface area (Å²) >= 11 is 0. The minimum Gasteiger partial charge on any atom is -0.459 e. The molecule has 2 aromatic rings. The number of hydrogen-bond donors (Lipinski definition) is 1. The maximum Gasteiger partial charge on any atom is 0.338 e. The molecule has 5 rings (SSSR count). The molecule has 0 amide bonds. The van der Waals surface area contributed by atoms with Gasteiger partial charge >= 0.3 is 17.9 Å². The Hall–Kier alpha value is -4.06. The van der Waals surface area contributed by atoms with Crippen LogP contribution in [0.1, 0.15) is 109 Å². The van der Waals surface area contributed by atoms with Crippen LogP contribution in [-0.2, 0) is 52.2 Å². The number of methoxy groups -OCH3 is 2. The van der Waals surface area contributed by atoms with Crippen molar-refractivity contribution in [2.45, 2.75) is 167 Å². The molecule has 3 heterocycles. The van der Waals surface area contributed by atoms with E-state index in [2.05, 4.69) is 0 Å². The van der Waals surface area contributed by atoms with E-state index < -0.39 is 102 Å². The maximum atomic E-state index is 14.5. The van der Waals surface area contributed by atoms with Crippen LogP contribution in [0.3, 0.4) is 0 Å². The van der Waals surface area contributed by atoms with Crippen LogP contribution in [0.4, 0.5) is 0 Å². The van der Waals surface area contributed by atoms with E-state index in [1.54, 1.807) is 83.1 Å². The standard InChI is InChI=1S/C51H73NO14/c1-14-39-38(53)25-29(2)41(54)30(3)27-50(8,58-12)44(66-49-43(37(52(10)11)26-31(4)60-49)64-47(56)35-21-17-15-18-22-35)32(5)42(33(6)46(55)62-39)63-40-28-51(9,59-13)45(34(7)61-40)65-48(57)36-23-19-16-20-24-36/h15-25,30-34,37-40,42-45,49,53H,14,26-28H2,1-13H3/b29-25-/t30-,31-,32+,33-,34+,37+,38+,39-,40?,42+,43-,44-,45+,49?,50-,51-/m1/s1. The maximum absolute atomic E-state index is 14.5. The molecule has 3 aliphatic heterocycles. The molecule has 0 radical (unpaired) electrons. The molecular weight excluding hydrogens is 851 g/mol. The number of likely N-dealkylation sites (N-methyl/N-ethyl adjacent to an activating group) is 1. The zero-order valence-electron chi connectivity index (χ0n) is 41.0. The fourth-order valence-electron chi connectivity index (χ4n) is 9.74. The summed E-state index contributed by atoms with van der Waals surface area (Å²) in [5, 5.41) is 11.3. The van der Waals surface area contributed by atoms with E-state index in [9.17, 15) is 24.3 Å². The minimum atomic E-state index is -1.29. The van der Waals surface area contributed by atoms with Gasteiger partial charge in [0.2, 0.25) is 0 Å². The van der Waals surface area contributed by atoms with Crippen molar-refractivity contribution in [2.75, 3.05) is 28.3 Å². The van der Waals surface area contributed by atoms with Gasteiger partial charge in [0.25, 0.3) is 0 Å². The molecule has 3 aliphatic rings. The number of cyclic esters (lactones) is 1. The number of carbonyl (C=O) groups excluding carboxylic acids is 4. The SMILES string of the molecule is CC[C@H]1OC(=O)[C@H](C)[C@@H](OC2C[C@@](C)(OC)[C@@H](OC(=O)c3ccccc3)[C@H](C)O2)[C@H](C)[C@@H](OC2O[C@H](C)C[C@H](N(C)C)[C@H]2OC(=O)c2ccccc2)[C@](C)(OC)C[C@@H](C)C(=O)/C(C)=C\[C@@H]1O. The van der Waals surface area contributed by atoms with Crippen LogP contribution in [0.5, 0.6) is 0 Å². The summed E-state index contributed by atoms with van der Waals surface area (Å²) in [7, 11) is 6.86. The average Bonchev–Trinajstić information content (AvgIpc) is 3.29. The molecule has 0 aliphatic carbocycles. The molecule has 1 N–H and O–H groups in total. The number of hydrogen-bond acceptors (Lipinski definition) is 15. The highest BCUT2D eigenvalue weighted by Gasteiger charge is 2.54. The summed E-state index contributed by atoms with van der Waals surface area (Å²) in [6.45, 7) is 16.1. The first-order chi connectivity index (χ1) is 31.2. The van der Waals surface area contributed by atoms with Crippen LogP contribution < -0.4 is 0 Å². The Kier molecular flexibility index (Phi) is 18.3. The highest BCUT2D eigenvalue weighted by molar-refractivity contribution is 5.96. The number of rotatable bonds is 12. The number of aliphatic hydroxyl groups is 1. The largest absolute Gasteiger partial charge is 0.459 e. The van der Waals surface area contributed by atoms with Crippen LogP contribution in [-0.4, -0.2) is 141 Å². The zero-order chi connectivity index (χ0) is 48.7. The number of benzene rings is 2.